The van der Waals surface area contributed by atoms with E-state index < -0.39 is 12.8 Å². The summed E-state index contributed by atoms with van der Waals surface area (Å²) in [5, 5.41) is 20.9. The van der Waals surface area contributed by atoms with Gasteiger partial charge in [0.25, 0.3) is 0 Å². The largest absolute Gasteiger partial charge is 0.505 e. The fraction of sp³-hybridized carbons (Fsp3) is 0.412. The molecule has 0 unspecified atom stereocenters. The Hall–Kier alpha value is -2.31. The van der Waals surface area contributed by atoms with Gasteiger partial charge in [-0.1, -0.05) is 0 Å². The van der Waals surface area contributed by atoms with Gasteiger partial charge in [0.1, 0.15) is 11.5 Å². The number of aryl methyl sites for hydroxylation is 2. The number of aromatic nitrogens is 1. The van der Waals surface area contributed by atoms with E-state index in [0.29, 0.717) is 40.9 Å². The van der Waals surface area contributed by atoms with Crippen LogP contribution in [0.25, 0.3) is 11.1 Å². The predicted molar refractivity (Wildman–Crippen MR) is 82.5 cm³/mol. The topological polar surface area (TPSA) is 54.6 Å². The zero-order valence-electron chi connectivity index (χ0n) is 13.4. The summed E-state index contributed by atoms with van der Waals surface area (Å²) in [6, 6.07) is 2.96. The Morgan fingerprint density at radius 1 is 1.12 bits per heavy atom. The molecular weight excluding hydrogens is 323 g/mol. The van der Waals surface area contributed by atoms with Crippen LogP contribution < -0.4 is 4.74 Å². The fourth-order valence-electron chi connectivity index (χ4n) is 3.34. The molecule has 1 aliphatic rings. The van der Waals surface area contributed by atoms with Crippen LogP contribution in [0.15, 0.2) is 12.1 Å². The first-order valence-electron chi connectivity index (χ1n) is 7.63. The Kier molecular flexibility index (Phi) is 3.89. The molecule has 0 spiro atoms. The van der Waals surface area contributed by atoms with Gasteiger partial charge in [-0.05, 0) is 55.5 Å². The molecule has 0 saturated carbocycles. The number of benzene rings is 1. The summed E-state index contributed by atoms with van der Waals surface area (Å²) < 4.78 is 43.3. The van der Waals surface area contributed by atoms with E-state index in [1.165, 1.54) is 12.1 Å². The summed E-state index contributed by atoms with van der Waals surface area (Å²) in [6.07, 6.45) is -2.86. The van der Waals surface area contributed by atoms with Gasteiger partial charge in [-0.15, -0.1) is 0 Å². The number of hydrogen-bond acceptors (Lipinski definition) is 3. The monoisotopic (exact) mass is 341 g/mol. The van der Waals surface area contributed by atoms with Gasteiger partial charge in [0.05, 0.1) is 11.3 Å². The first-order valence-corrected chi connectivity index (χ1v) is 7.63. The van der Waals surface area contributed by atoms with Gasteiger partial charge in [0.2, 0.25) is 5.88 Å². The second-order valence-corrected chi connectivity index (χ2v) is 6.09. The van der Waals surface area contributed by atoms with Gasteiger partial charge in [0.15, 0.2) is 6.61 Å². The van der Waals surface area contributed by atoms with Crippen molar-refractivity contribution in [3.63, 3.8) is 0 Å². The van der Waals surface area contributed by atoms with Crippen molar-refractivity contribution in [1.82, 2.24) is 4.57 Å². The van der Waals surface area contributed by atoms with Gasteiger partial charge < -0.3 is 19.5 Å². The lowest BCUT2D eigenvalue weighted by Gasteiger charge is -2.15. The molecular formula is C17H18F3NO3. The van der Waals surface area contributed by atoms with E-state index in [1.807, 2.05) is 0 Å². The minimum Gasteiger partial charge on any atom is -0.505 e. The molecule has 1 aromatic carbocycles. The number of alkyl halides is 3. The number of halogens is 3. The Labute approximate surface area is 137 Å². The molecule has 0 saturated heterocycles. The average molecular weight is 341 g/mol. The molecule has 3 rings (SSSR count). The summed E-state index contributed by atoms with van der Waals surface area (Å²) >= 11 is 0. The quantitative estimate of drug-likeness (QED) is 0.885. The van der Waals surface area contributed by atoms with Crippen molar-refractivity contribution in [2.45, 2.75) is 39.4 Å². The van der Waals surface area contributed by atoms with Crippen LogP contribution in [0.5, 0.6) is 17.4 Å². The molecule has 0 atom stereocenters. The molecule has 7 heteroatoms. The summed E-state index contributed by atoms with van der Waals surface area (Å²) in [5.41, 5.74) is 2.90. The highest BCUT2D eigenvalue weighted by Gasteiger charge is 2.30. The van der Waals surface area contributed by atoms with Gasteiger partial charge in [-0.2, -0.15) is 13.2 Å². The average Bonchev–Trinajstić information content (AvgIpc) is 3.03. The zero-order valence-corrected chi connectivity index (χ0v) is 13.4. The Balaban J connectivity index is 2.02. The van der Waals surface area contributed by atoms with Crippen molar-refractivity contribution in [2.24, 2.45) is 0 Å². The third kappa shape index (κ3) is 2.79. The molecule has 1 aromatic heterocycles. The van der Waals surface area contributed by atoms with Crippen molar-refractivity contribution in [2.75, 3.05) is 6.61 Å². The van der Waals surface area contributed by atoms with Gasteiger partial charge in [-0.3, -0.25) is 0 Å². The first kappa shape index (κ1) is 16.5. The smallest absolute Gasteiger partial charge is 0.422 e. The van der Waals surface area contributed by atoms with Gasteiger partial charge in [0, 0.05) is 6.54 Å². The van der Waals surface area contributed by atoms with E-state index in [-0.39, 0.29) is 17.4 Å². The van der Waals surface area contributed by atoms with Crippen LogP contribution in [0.1, 0.15) is 23.2 Å². The Morgan fingerprint density at radius 3 is 2.29 bits per heavy atom. The van der Waals surface area contributed by atoms with Crippen LogP contribution in [0.2, 0.25) is 0 Å². The first-order chi connectivity index (χ1) is 11.2. The van der Waals surface area contributed by atoms with Gasteiger partial charge in [-0.25, -0.2) is 0 Å². The molecule has 2 N–H and O–H groups in total. The highest BCUT2D eigenvalue weighted by atomic mass is 19.4. The second kappa shape index (κ2) is 5.65. The van der Waals surface area contributed by atoms with Crippen molar-refractivity contribution >= 4 is 0 Å². The van der Waals surface area contributed by atoms with Crippen LogP contribution >= 0.6 is 0 Å². The minimum absolute atomic E-state index is 0.00448. The fourth-order valence-corrected chi connectivity index (χ4v) is 3.34. The van der Waals surface area contributed by atoms with Crippen LogP contribution in [-0.4, -0.2) is 27.6 Å². The molecule has 0 fully saturated rings. The summed E-state index contributed by atoms with van der Waals surface area (Å²) in [7, 11) is 0. The van der Waals surface area contributed by atoms with E-state index in [9.17, 15) is 23.4 Å². The summed E-state index contributed by atoms with van der Waals surface area (Å²) in [5.74, 6) is 0.145. The van der Waals surface area contributed by atoms with Crippen molar-refractivity contribution in [1.29, 1.82) is 0 Å². The Morgan fingerprint density at radius 2 is 1.75 bits per heavy atom. The van der Waals surface area contributed by atoms with Crippen molar-refractivity contribution in [3.05, 3.63) is 29.0 Å². The molecule has 0 aliphatic carbocycles. The lowest BCUT2D eigenvalue weighted by Crippen LogP contribution is -2.19. The molecule has 130 valence electrons. The number of fused-ring (bicyclic) bond motifs is 1. The van der Waals surface area contributed by atoms with Crippen molar-refractivity contribution < 1.29 is 28.1 Å². The minimum atomic E-state index is -4.40. The maximum absolute atomic E-state index is 12.3. The van der Waals surface area contributed by atoms with Crippen molar-refractivity contribution in [3.8, 4) is 28.5 Å². The highest BCUT2D eigenvalue weighted by Crippen LogP contribution is 2.47. The number of hydrogen-bond donors (Lipinski definition) is 2. The molecule has 0 radical (unpaired) electrons. The van der Waals surface area contributed by atoms with E-state index in [1.54, 1.807) is 18.4 Å². The maximum Gasteiger partial charge on any atom is 0.422 e. The second-order valence-electron chi connectivity index (χ2n) is 6.09. The highest BCUT2D eigenvalue weighted by molar-refractivity contribution is 5.82. The third-order valence-electron chi connectivity index (χ3n) is 4.27. The van der Waals surface area contributed by atoms with Crippen LogP contribution in [0, 0.1) is 13.8 Å². The lowest BCUT2D eigenvalue weighted by atomic mass is 9.95. The molecule has 1 aliphatic heterocycles. The number of nitrogens with zero attached hydrogens (tertiary/aromatic N) is 1. The summed E-state index contributed by atoms with van der Waals surface area (Å²) in [4.78, 5) is 0. The number of aromatic hydroxyl groups is 2. The summed E-state index contributed by atoms with van der Waals surface area (Å²) in [6.45, 7) is 2.71. The van der Waals surface area contributed by atoms with E-state index >= 15 is 0 Å². The van der Waals surface area contributed by atoms with E-state index in [0.717, 1.165) is 6.42 Å². The standard InChI is InChI=1S/C17H18F3NO3/c1-9-6-11(24-8-17(18,19)20)7-10(2)13(9)14-15(22)12-4-3-5-21(12)16(14)23/h6-7,22-23H,3-5,8H2,1-2H3. The lowest BCUT2D eigenvalue weighted by molar-refractivity contribution is -0.153. The van der Waals surface area contributed by atoms with Crippen LogP contribution in [0.3, 0.4) is 0 Å². The molecule has 0 bridgehead atoms. The van der Waals surface area contributed by atoms with E-state index in [2.05, 4.69) is 0 Å². The number of rotatable bonds is 3. The molecule has 2 heterocycles. The van der Waals surface area contributed by atoms with E-state index in [4.69, 9.17) is 4.74 Å². The molecule has 0 amide bonds. The normalized spacial score (nSPS) is 14.0. The molecule has 2 aromatic rings. The molecule has 24 heavy (non-hydrogen) atoms. The Bertz CT molecular complexity index is 743. The van der Waals surface area contributed by atoms with Crippen LogP contribution in [-0.2, 0) is 13.0 Å². The molecule has 4 nitrogen and oxygen atoms in total. The van der Waals surface area contributed by atoms with Crippen LogP contribution in [0.4, 0.5) is 13.2 Å². The maximum atomic E-state index is 12.3. The van der Waals surface area contributed by atoms with Gasteiger partial charge >= 0.3 is 6.18 Å². The zero-order chi connectivity index (χ0) is 17.6. The SMILES string of the molecule is Cc1cc(OCC(F)(F)F)cc(C)c1-c1c(O)c2n(c1O)CCC2. The predicted octanol–water partition coefficient (Wildman–Crippen LogP) is 4.07. The number of ether oxygens (including phenoxy) is 1. The third-order valence-corrected chi connectivity index (χ3v) is 4.27.